The number of ether oxygens (including phenoxy) is 1. The van der Waals surface area contributed by atoms with Gasteiger partial charge in [0.25, 0.3) is 0 Å². The number of fused-ring (bicyclic) bond motifs is 1. The van der Waals surface area contributed by atoms with Gasteiger partial charge < -0.3 is 10.5 Å². The summed E-state index contributed by atoms with van der Waals surface area (Å²) in [7, 11) is 1.65. The van der Waals surface area contributed by atoms with Gasteiger partial charge in [0.15, 0.2) is 0 Å². The number of hydrogen-bond acceptors (Lipinski definition) is 3. The molecule has 0 aliphatic carbocycles. The van der Waals surface area contributed by atoms with E-state index < -0.39 is 0 Å². The Morgan fingerprint density at radius 2 is 2.10 bits per heavy atom. The van der Waals surface area contributed by atoms with Gasteiger partial charge in [-0.05, 0) is 29.8 Å². The quantitative estimate of drug-likeness (QED) is 0.797. The van der Waals surface area contributed by atoms with Gasteiger partial charge in [0.1, 0.15) is 5.82 Å². The van der Waals surface area contributed by atoms with E-state index in [-0.39, 0.29) is 5.82 Å². The molecule has 2 N–H and O–H groups in total. The number of rotatable bonds is 3. The molecule has 1 aromatic heterocycles. The molecule has 3 aromatic rings. The van der Waals surface area contributed by atoms with E-state index in [0.29, 0.717) is 18.1 Å². The monoisotopic (exact) mass is 271 g/mol. The molecule has 102 valence electrons. The van der Waals surface area contributed by atoms with E-state index >= 15 is 0 Å². The maximum Gasteiger partial charge on any atom is 0.205 e. The van der Waals surface area contributed by atoms with Crippen molar-refractivity contribution in [3.8, 4) is 5.69 Å². The molecule has 0 fully saturated rings. The molecule has 0 amide bonds. The van der Waals surface area contributed by atoms with Crippen LogP contribution in [0.4, 0.5) is 10.3 Å². The van der Waals surface area contributed by atoms with Gasteiger partial charge in [-0.2, -0.15) is 0 Å². The zero-order chi connectivity index (χ0) is 14.1. The molecule has 5 heteroatoms. The summed E-state index contributed by atoms with van der Waals surface area (Å²) < 4.78 is 20.2. The molecule has 0 saturated carbocycles. The van der Waals surface area contributed by atoms with Crippen LogP contribution in [-0.4, -0.2) is 16.7 Å². The first-order valence-electron chi connectivity index (χ1n) is 6.21. The lowest BCUT2D eigenvalue weighted by atomic mass is 10.2. The Hall–Kier alpha value is -2.40. The third kappa shape index (κ3) is 2.12. The van der Waals surface area contributed by atoms with E-state index in [1.165, 1.54) is 12.1 Å². The van der Waals surface area contributed by atoms with E-state index in [1.807, 2.05) is 24.3 Å². The summed E-state index contributed by atoms with van der Waals surface area (Å²) in [5.74, 6) is 0.00968. The van der Waals surface area contributed by atoms with E-state index in [2.05, 4.69) is 4.98 Å². The number of aromatic nitrogens is 2. The van der Waals surface area contributed by atoms with Crippen LogP contribution in [0.5, 0.6) is 0 Å². The van der Waals surface area contributed by atoms with Crippen LogP contribution in [0.2, 0.25) is 0 Å². The van der Waals surface area contributed by atoms with E-state index in [4.69, 9.17) is 10.5 Å². The maximum absolute atomic E-state index is 13.2. The van der Waals surface area contributed by atoms with Gasteiger partial charge in [-0.15, -0.1) is 0 Å². The molecule has 0 aliphatic heterocycles. The van der Waals surface area contributed by atoms with E-state index in [9.17, 15) is 4.39 Å². The second-order valence-corrected chi connectivity index (χ2v) is 4.54. The van der Waals surface area contributed by atoms with Crippen molar-refractivity contribution in [2.75, 3.05) is 12.8 Å². The summed E-state index contributed by atoms with van der Waals surface area (Å²) >= 11 is 0. The first kappa shape index (κ1) is 12.6. The van der Waals surface area contributed by atoms with Gasteiger partial charge in [0, 0.05) is 18.9 Å². The zero-order valence-corrected chi connectivity index (χ0v) is 11.0. The minimum Gasteiger partial charge on any atom is -0.380 e. The molecule has 0 unspecified atom stereocenters. The van der Waals surface area contributed by atoms with Crippen LogP contribution >= 0.6 is 0 Å². The van der Waals surface area contributed by atoms with Crippen molar-refractivity contribution in [3.63, 3.8) is 0 Å². The minimum atomic E-state index is -0.324. The zero-order valence-electron chi connectivity index (χ0n) is 11.0. The maximum atomic E-state index is 13.2. The summed E-state index contributed by atoms with van der Waals surface area (Å²) in [6, 6.07) is 12.3. The molecule has 0 saturated heterocycles. The summed E-state index contributed by atoms with van der Waals surface area (Å²) in [5, 5.41) is 0. The van der Waals surface area contributed by atoms with E-state index in [1.54, 1.807) is 17.7 Å². The Morgan fingerprint density at radius 3 is 2.90 bits per heavy atom. The Balaban J connectivity index is 2.18. The van der Waals surface area contributed by atoms with Gasteiger partial charge in [-0.1, -0.05) is 12.1 Å². The number of hydrogen-bond donors (Lipinski definition) is 1. The topological polar surface area (TPSA) is 53.1 Å². The number of halogens is 1. The highest BCUT2D eigenvalue weighted by Gasteiger charge is 2.11. The molecule has 0 atom stereocenters. The smallest absolute Gasteiger partial charge is 0.205 e. The largest absolute Gasteiger partial charge is 0.380 e. The van der Waals surface area contributed by atoms with Crippen LogP contribution in [0, 0.1) is 5.82 Å². The highest BCUT2D eigenvalue weighted by Crippen LogP contribution is 2.24. The molecular weight excluding hydrogens is 257 g/mol. The Bertz CT molecular complexity index is 767. The lowest BCUT2D eigenvalue weighted by Crippen LogP contribution is -2.01. The van der Waals surface area contributed by atoms with Crippen molar-refractivity contribution < 1.29 is 9.13 Å². The summed E-state index contributed by atoms with van der Waals surface area (Å²) in [6.45, 7) is 0.523. The average molecular weight is 271 g/mol. The fourth-order valence-electron chi connectivity index (χ4n) is 2.30. The van der Waals surface area contributed by atoms with Crippen LogP contribution in [0.1, 0.15) is 5.56 Å². The molecule has 2 aromatic carbocycles. The number of nitrogens with zero attached hydrogens (tertiary/aromatic N) is 2. The number of nitrogens with two attached hydrogens (primary N) is 1. The first-order chi connectivity index (χ1) is 9.69. The molecule has 0 spiro atoms. The first-order valence-corrected chi connectivity index (χ1v) is 6.21. The van der Waals surface area contributed by atoms with Crippen LogP contribution in [-0.2, 0) is 11.3 Å². The van der Waals surface area contributed by atoms with Crippen LogP contribution in [0.15, 0.2) is 42.5 Å². The van der Waals surface area contributed by atoms with Gasteiger partial charge >= 0.3 is 0 Å². The Labute approximate surface area is 115 Å². The highest BCUT2D eigenvalue weighted by molar-refractivity contribution is 5.80. The number of anilines is 1. The van der Waals surface area contributed by atoms with Gasteiger partial charge in [0.05, 0.1) is 17.6 Å². The lowest BCUT2D eigenvalue weighted by Gasteiger charge is -2.08. The SMILES string of the molecule is COCc1cccc(-n2c(N)nc3cc(F)ccc32)c1. The fourth-order valence-corrected chi connectivity index (χ4v) is 2.30. The van der Waals surface area contributed by atoms with Crippen LogP contribution in [0.3, 0.4) is 0 Å². The Kier molecular flexibility index (Phi) is 3.12. The lowest BCUT2D eigenvalue weighted by molar-refractivity contribution is 0.185. The van der Waals surface area contributed by atoms with Gasteiger partial charge in [0.2, 0.25) is 5.95 Å². The van der Waals surface area contributed by atoms with Crippen LogP contribution < -0.4 is 5.73 Å². The molecule has 0 aliphatic rings. The molecule has 20 heavy (non-hydrogen) atoms. The van der Waals surface area contributed by atoms with Gasteiger partial charge in [-0.25, -0.2) is 9.37 Å². The highest BCUT2D eigenvalue weighted by atomic mass is 19.1. The predicted molar refractivity (Wildman–Crippen MR) is 76.2 cm³/mol. The number of imidazole rings is 1. The van der Waals surface area contributed by atoms with Crippen LogP contribution in [0.25, 0.3) is 16.7 Å². The van der Waals surface area contributed by atoms with Crippen molar-refractivity contribution in [1.82, 2.24) is 9.55 Å². The van der Waals surface area contributed by atoms with Gasteiger partial charge in [-0.3, -0.25) is 4.57 Å². The third-order valence-corrected chi connectivity index (χ3v) is 3.12. The molecule has 3 rings (SSSR count). The molecule has 0 radical (unpaired) electrons. The normalized spacial score (nSPS) is 11.1. The summed E-state index contributed by atoms with van der Waals surface area (Å²) in [4.78, 5) is 4.20. The molecule has 4 nitrogen and oxygen atoms in total. The molecular formula is C15H14FN3O. The van der Waals surface area contributed by atoms with Crippen molar-refractivity contribution in [2.24, 2.45) is 0 Å². The Morgan fingerprint density at radius 1 is 1.25 bits per heavy atom. The van der Waals surface area contributed by atoms with Crippen molar-refractivity contribution in [3.05, 3.63) is 53.8 Å². The number of methoxy groups -OCH3 is 1. The second kappa shape index (κ2) is 4.94. The molecule has 1 heterocycles. The summed E-state index contributed by atoms with van der Waals surface area (Å²) in [6.07, 6.45) is 0. The minimum absolute atomic E-state index is 0.324. The number of benzene rings is 2. The van der Waals surface area contributed by atoms with Crippen molar-refractivity contribution in [2.45, 2.75) is 6.61 Å². The second-order valence-electron chi connectivity index (χ2n) is 4.54. The molecule has 0 bridgehead atoms. The fraction of sp³-hybridized carbons (Fsp3) is 0.133. The summed E-state index contributed by atoms with van der Waals surface area (Å²) in [5.41, 5.74) is 9.19. The third-order valence-electron chi connectivity index (χ3n) is 3.12. The number of nitrogen functional groups attached to an aromatic ring is 1. The van der Waals surface area contributed by atoms with Crippen molar-refractivity contribution in [1.29, 1.82) is 0 Å². The van der Waals surface area contributed by atoms with E-state index in [0.717, 1.165) is 16.8 Å². The predicted octanol–water partition coefficient (Wildman–Crippen LogP) is 2.89. The van der Waals surface area contributed by atoms with Crippen molar-refractivity contribution >= 4 is 17.0 Å². The average Bonchev–Trinajstić information content (AvgIpc) is 2.74. The standard InChI is InChI=1S/C15H14FN3O/c1-20-9-10-3-2-4-12(7-10)19-14-6-5-11(16)8-13(14)18-15(19)17/h2-8H,9H2,1H3,(H2,17,18).